The molecule has 0 aliphatic carbocycles. The number of amides is 2. The van der Waals surface area contributed by atoms with Crippen LogP contribution in [0.4, 0.5) is 4.79 Å². The van der Waals surface area contributed by atoms with Gasteiger partial charge in [-0.2, -0.15) is 0 Å². The first-order valence-corrected chi connectivity index (χ1v) is 8.94. The van der Waals surface area contributed by atoms with E-state index in [-0.39, 0.29) is 12.5 Å². The molecule has 1 fully saturated rings. The lowest BCUT2D eigenvalue weighted by molar-refractivity contribution is -0.137. The largest absolute Gasteiger partial charge is 0.481 e. The number of piperidine rings is 1. The van der Waals surface area contributed by atoms with Gasteiger partial charge in [-0.15, -0.1) is 0 Å². The zero-order valence-corrected chi connectivity index (χ0v) is 14.0. The smallest absolute Gasteiger partial charge is 0.317 e. The van der Waals surface area contributed by atoms with E-state index in [1.807, 2.05) is 11.1 Å². The Balaban J connectivity index is 1.55. The number of nitrogens with zero attached hydrogens (tertiary/aromatic N) is 3. The number of nitrogens with one attached hydrogen (secondary N) is 1. The Morgan fingerprint density at radius 1 is 1.29 bits per heavy atom. The van der Waals surface area contributed by atoms with E-state index in [0.717, 1.165) is 38.2 Å². The number of aryl methyl sites for hydroxylation is 1. The third-order valence-electron chi connectivity index (χ3n) is 4.95. The second kappa shape index (κ2) is 7.68. The summed E-state index contributed by atoms with van der Waals surface area (Å²) in [4.78, 5) is 29.3. The number of aromatic nitrogens is 2. The van der Waals surface area contributed by atoms with Gasteiger partial charge in [0.05, 0.1) is 0 Å². The fraction of sp³-hybridized carbons (Fsp3) is 0.706. The molecule has 2 N–H and O–H groups in total. The summed E-state index contributed by atoms with van der Waals surface area (Å²) in [5, 5.41) is 11.5. The number of rotatable bonds is 5. The molecule has 0 aromatic carbocycles. The Kier molecular flexibility index (Phi) is 5.37. The molecule has 3 heterocycles. The van der Waals surface area contributed by atoms with Crippen LogP contribution in [-0.4, -0.2) is 51.2 Å². The van der Waals surface area contributed by atoms with Crippen molar-refractivity contribution in [2.75, 3.05) is 19.6 Å². The van der Waals surface area contributed by atoms with Crippen LogP contribution in [0.25, 0.3) is 0 Å². The number of carbonyl (C=O) groups is 2. The summed E-state index contributed by atoms with van der Waals surface area (Å²) in [6.45, 7) is 2.91. The third-order valence-corrected chi connectivity index (χ3v) is 4.95. The number of carboxylic acid groups (broad SMARTS) is 1. The molecule has 1 aromatic rings. The number of fused-ring (bicyclic) bond motifs is 1. The van der Waals surface area contributed by atoms with E-state index in [1.165, 1.54) is 18.5 Å². The predicted octanol–water partition coefficient (Wildman–Crippen LogP) is 1.97. The minimum absolute atomic E-state index is 0.0864. The summed E-state index contributed by atoms with van der Waals surface area (Å²) in [7, 11) is 0. The zero-order chi connectivity index (χ0) is 16.9. The van der Waals surface area contributed by atoms with Crippen LogP contribution in [-0.2, 0) is 17.8 Å². The van der Waals surface area contributed by atoms with Gasteiger partial charge in [0.25, 0.3) is 0 Å². The van der Waals surface area contributed by atoms with Crippen molar-refractivity contribution in [3.8, 4) is 0 Å². The van der Waals surface area contributed by atoms with Gasteiger partial charge in [-0.05, 0) is 38.5 Å². The molecule has 24 heavy (non-hydrogen) atoms. The highest BCUT2D eigenvalue weighted by molar-refractivity contribution is 5.74. The lowest BCUT2D eigenvalue weighted by atomic mass is 9.97. The van der Waals surface area contributed by atoms with E-state index in [9.17, 15) is 9.59 Å². The number of imidazole rings is 1. The molecular weight excluding hydrogens is 308 g/mol. The van der Waals surface area contributed by atoms with Crippen LogP contribution < -0.4 is 5.32 Å². The quantitative estimate of drug-likeness (QED) is 0.806. The monoisotopic (exact) mass is 334 g/mol. The van der Waals surface area contributed by atoms with Crippen LogP contribution in [0.3, 0.4) is 0 Å². The molecule has 1 atom stereocenters. The van der Waals surface area contributed by atoms with E-state index >= 15 is 0 Å². The van der Waals surface area contributed by atoms with Crippen LogP contribution in [0.5, 0.6) is 0 Å². The van der Waals surface area contributed by atoms with E-state index in [4.69, 9.17) is 5.11 Å². The number of carbonyl (C=O) groups excluding carboxylic acids is 1. The molecule has 7 heteroatoms. The second-order valence-electron chi connectivity index (χ2n) is 6.73. The van der Waals surface area contributed by atoms with E-state index in [0.29, 0.717) is 25.4 Å². The van der Waals surface area contributed by atoms with Gasteiger partial charge >= 0.3 is 12.0 Å². The maximum atomic E-state index is 12.3. The van der Waals surface area contributed by atoms with Crippen LogP contribution >= 0.6 is 0 Å². The number of carboxylic acids is 1. The molecule has 0 radical (unpaired) electrons. The van der Waals surface area contributed by atoms with E-state index in [2.05, 4.69) is 14.9 Å². The summed E-state index contributed by atoms with van der Waals surface area (Å²) in [6, 6.07) is -0.0875. The van der Waals surface area contributed by atoms with Gasteiger partial charge in [-0.3, -0.25) is 4.79 Å². The van der Waals surface area contributed by atoms with Crippen molar-refractivity contribution in [1.82, 2.24) is 19.8 Å². The van der Waals surface area contributed by atoms with Crippen LogP contribution in [0.2, 0.25) is 0 Å². The highest BCUT2D eigenvalue weighted by atomic mass is 16.4. The van der Waals surface area contributed by atoms with Crippen LogP contribution in [0, 0.1) is 0 Å². The van der Waals surface area contributed by atoms with Crippen molar-refractivity contribution >= 4 is 12.0 Å². The Morgan fingerprint density at radius 3 is 3.00 bits per heavy atom. The minimum atomic E-state index is -0.827. The molecule has 0 spiro atoms. The molecule has 7 nitrogen and oxygen atoms in total. The summed E-state index contributed by atoms with van der Waals surface area (Å²) in [6.07, 6.45) is 8.15. The molecule has 2 aliphatic heterocycles. The predicted molar refractivity (Wildman–Crippen MR) is 89.0 cm³/mol. The first-order chi connectivity index (χ1) is 11.6. The molecule has 0 saturated carbocycles. The van der Waals surface area contributed by atoms with Crippen molar-refractivity contribution in [2.24, 2.45) is 0 Å². The lowest BCUT2D eigenvalue weighted by Gasteiger charge is -2.33. The molecule has 1 unspecified atom stereocenters. The molecule has 1 aromatic heterocycles. The van der Waals surface area contributed by atoms with Gasteiger partial charge in [-0.25, -0.2) is 9.78 Å². The number of hydrogen-bond acceptors (Lipinski definition) is 3. The van der Waals surface area contributed by atoms with Crippen molar-refractivity contribution in [1.29, 1.82) is 0 Å². The SMILES string of the molecule is O=C(O)CCCNC(=O)N1CCCC(c2ncc3n2CCCC3)C1. The number of aliphatic carboxylic acids is 1. The second-order valence-corrected chi connectivity index (χ2v) is 6.73. The van der Waals surface area contributed by atoms with Gasteiger partial charge in [0, 0.05) is 50.4 Å². The minimum Gasteiger partial charge on any atom is -0.481 e. The third kappa shape index (κ3) is 3.88. The van der Waals surface area contributed by atoms with Gasteiger partial charge in [0.15, 0.2) is 0 Å². The van der Waals surface area contributed by atoms with Crippen LogP contribution in [0.1, 0.15) is 56.0 Å². The molecule has 3 rings (SSSR count). The summed E-state index contributed by atoms with van der Waals surface area (Å²) in [5.74, 6) is 0.606. The fourth-order valence-corrected chi connectivity index (χ4v) is 3.71. The van der Waals surface area contributed by atoms with E-state index < -0.39 is 5.97 Å². The van der Waals surface area contributed by atoms with Crippen molar-refractivity contribution < 1.29 is 14.7 Å². The maximum absolute atomic E-state index is 12.3. The summed E-state index contributed by atoms with van der Waals surface area (Å²) < 4.78 is 2.35. The average Bonchev–Trinajstić information content (AvgIpc) is 3.02. The first kappa shape index (κ1) is 16.8. The number of likely N-dealkylation sites (tertiary alicyclic amines) is 1. The van der Waals surface area contributed by atoms with Crippen molar-refractivity contribution in [3.63, 3.8) is 0 Å². The van der Waals surface area contributed by atoms with Crippen molar-refractivity contribution in [2.45, 2.75) is 57.4 Å². The van der Waals surface area contributed by atoms with Gasteiger partial charge in [0.2, 0.25) is 0 Å². The summed E-state index contributed by atoms with van der Waals surface area (Å²) in [5.41, 5.74) is 1.33. The molecule has 0 bridgehead atoms. The maximum Gasteiger partial charge on any atom is 0.317 e. The zero-order valence-electron chi connectivity index (χ0n) is 14.0. The van der Waals surface area contributed by atoms with E-state index in [1.54, 1.807) is 0 Å². The normalized spacial score (nSPS) is 20.5. The van der Waals surface area contributed by atoms with Gasteiger partial charge in [-0.1, -0.05) is 0 Å². The topological polar surface area (TPSA) is 87.5 Å². The highest BCUT2D eigenvalue weighted by Gasteiger charge is 2.28. The molecule has 132 valence electrons. The van der Waals surface area contributed by atoms with Crippen molar-refractivity contribution in [3.05, 3.63) is 17.7 Å². The summed E-state index contributed by atoms with van der Waals surface area (Å²) >= 11 is 0. The number of urea groups is 1. The Bertz CT molecular complexity index is 599. The number of hydrogen-bond donors (Lipinski definition) is 2. The van der Waals surface area contributed by atoms with Gasteiger partial charge in [0.1, 0.15) is 5.82 Å². The molecule has 2 aliphatic rings. The molecule has 2 amide bonds. The standard InChI is InChI=1S/C17H26N4O3/c22-15(23)7-3-8-18-17(24)20-9-4-5-13(12-20)16-19-11-14-6-1-2-10-21(14)16/h11,13H,1-10,12H2,(H,18,24)(H,22,23). The lowest BCUT2D eigenvalue weighted by Crippen LogP contribution is -2.45. The van der Waals surface area contributed by atoms with Gasteiger partial charge < -0.3 is 19.9 Å². The van der Waals surface area contributed by atoms with Crippen LogP contribution in [0.15, 0.2) is 6.20 Å². The molecular formula is C17H26N4O3. The Labute approximate surface area is 142 Å². The Hall–Kier alpha value is -2.05. The highest BCUT2D eigenvalue weighted by Crippen LogP contribution is 2.29. The first-order valence-electron chi connectivity index (χ1n) is 8.94. The molecule has 1 saturated heterocycles. The Morgan fingerprint density at radius 2 is 2.17 bits per heavy atom. The average molecular weight is 334 g/mol. The fourth-order valence-electron chi connectivity index (χ4n) is 3.71.